The predicted molar refractivity (Wildman–Crippen MR) is 82.5 cm³/mol. The Kier molecular flexibility index (Phi) is 3.88. The first-order valence-electron chi connectivity index (χ1n) is 6.48. The molecule has 0 atom stereocenters. The maximum absolute atomic E-state index is 8.87. The van der Waals surface area contributed by atoms with Gasteiger partial charge in [0.2, 0.25) is 0 Å². The molecule has 2 heterocycles. The van der Waals surface area contributed by atoms with E-state index < -0.39 is 0 Å². The largest absolute Gasteiger partial charge is 0.381 e. The van der Waals surface area contributed by atoms with Crippen molar-refractivity contribution in [3.63, 3.8) is 0 Å². The maximum atomic E-state index is 8.87. The van der Waals surface area contributed by atoms with Crippen molar-refractivity contribution in [3.8, 4) is 6.07 Å². The highest BCUT2D eigenvalue weighted by Gasteiger charge is 2.37. The molecule has 1 fully saturated rings. The minimum Gasteiger partial charge on any atom is -0.381 e. The summed E-state index contributed by atoms with van der Waals surface area (Å²) >= 11 is 7.77. The molecular weight excluding hydrogens is 294 g/mol. The third kappa shape index (κ3) is 2.78. The molecule has 1 aromatic carbocycles. The number of benzene rings is 1. The molecule has 0 aromatic heterocycles. The van der Waals surface area contributed by atoms with Gasteiger partial charge in [0.15, 0.2) is 5.17 Å². The molecule has 0 radical (unpaired) electrons. The molecule has 1 spiro atoms. The summed E-state index contributed by atoms with van der Waals surface area (Å²) in [6.07, 6.45) is 1.97. The number of halogens is 1. The molecule has 104 valence electrons. The second-order valence-corrected chi connectivity index (χ2v) is 6.35. The average molecular weight is 308 g/mol. The molecule has 2 aliphatic heterocycles. The van der Waals surface area contributed by atoms with Crippen molar-refractivity contribution in [3.05, 3.63) is 28.8 Å². The Morgan fingerprint density at radius 1 is 1.40 bits per heavy atom. The number of anilines is 1. The molecular formula is C14H14ClN3OS. The van der Waals surface area contributed by atoms with Crippen LogP contribution in [0.25, 0.3) is 0 Å². The van der Waals surface area contributed by atoms with E-state index in [4.69, 9.17) is 26.6 Å². The highest BCUT2D eigenvalue weighted by Crippen LogP contribution is 2.36. The van der Waals surface area contributed by atoms with E-state index in [0.29, 0.717) is 10.6 Å². The Balaban J connectivity index is 1.74. The summed E-state index contributed by atoms with van der Waals surface area (Å²) in [5.41, 5.74) is 1.39. The van der Waals surface area contributed by atoms with Crippen LogP contribution in [0.4, 0.5) is 5.69 Å². The van der Waals surface area contributed by atoms with Gasteiger partial charge >= 0.3 is 0 Å². The van der Waals surface area contributed by atoms with Crippen molar-refractivity contribution < 1.29 is 4.74 Å². The zero-order valence-electron chi connectivity index (χ0n) is 10.9. The Bertz CT molecular complexity index is 591. The van der Waals surface area contributed by atoms with Crippen molar-refractivity contribution in [2.45, 2.75) is 18.4 Å². The standard InChI is InChI=1S/C14H14ClN3OS/c15-12-7-11(2-1-10(12)8-16)17-13-18-14(9-20-13)3-5-19-6-4-14/h1-2,7H,3-6,9H2,(H,17,18). The van der Waals surface area contributed by atoms with E-state index in [-0.39, 0.29) is 5.54 Å². The normalized spacial score (nSPS) is 20.5. The van der Waals surface area contributed by atoms with Crippen LogP contribution in [-0.2, 0) is 4.74 Å². The molecule has 0 aliphatic carbocycles. The SMILES string of the molecule is N#Cc1ccc(NC2=NC3(CCOCC3)CS2)cc1Cl. The van der Waals surface area contributed by atoms with Gasteiger partial charge in [-0.25, -0.2) is 0 Å². The third-order valence-corrected chi connectivity index (χ3v) is 5.04. The number of ether oxygens (including phenoxy) is 1. The summed E-state index contributed by atoms with van der Waals surface area (Å²) in [4.78, 5) is 4.83. The lowest BCUT2D eigenvalue weighted by molar-refractivity contribution is 0.0624. The van der Waals surface area contributed by atoms with Crippen LogP contribution in [0.1, 0.15) is 18.4 Å². The first-order valence-corrected chi connectivity index (χ1v) is 7.84. The lowest BCUT2D eigenvalue weighted by Crippen LogP contribution is -2.34. The molecule has 1 saturated heterocycles. The second kappa shape index (κ2) is 5.65. The smallest absolute Gasteiger partial charge is 0.161 e. The summed E-state index contributed by atoms with van der Waals surface area (Å²) in [5.74, 6) is 1.00. The number of nitrogens with one attached hydrogen (secondary N) is 1. The number of aliphatic imine (C=N–C) groups is 1. The zero-order chi connectivity index (χ0) is 14.0. The highest BCUT2D eigenvalue weighted by molar-refractivity contribution is 8.14. The number of hydrogen-bond acceptors (Lipinski definition) is 5. The van der Waals surface area contributed by atoms with Crippen LogP contribution in [0.3, 0.4) is 0 Å². The van der Waals surface area contributed by atoms with Crippen LogP contribution in [-0.4, -0.2) is 29.7 Å². The second-order valence-electron chi connectivity index (χ2n) is 4.97. The van der Waals surface area contributed by atoms with Crippen LogP contribution in [0.2, 0.25) is 5.02 Å². The molecule has 2 aliphatic rings. The Labute approximate surface area is 127 Å². The molecule has 1 aromatic rings. The number of thioether (sulfide) groups is 1. The van der Waals surface area contributed by atoms with Crippen molar-refractivity contribution in [2.75, 3.05) is 24.3 Å². The Morgan fingerprint density at radius 2 is 2.20 bits per heavy atom. The molecule has 0 amide bonds. The van der Waals surface area contributed by atoms with Gasteiger partial charge in [-0.1, -0.05) is 23.4 Å². The topological polar surface area (TPSA) is 57.4 Å². The van der Waals surface area contributed by atoms with E-state index in [9.17, 15) is 0 Å². The van der Waals surface area contributed by atoms with Crippen LogP contribution < -0.4 is 5.32 Å². The number of amidine groups is 1. The number of hydrogen-bond donors (Lipinski definition) is 1. The third-order valence-electron chi connectivity index (χ3n) is 3.58. The van der Waals surface area contributed by atoms with Crippen molar-refractivity contribution >= 4 is 34.2 Å². The fourth-order valence-electron chi connectivity index (χ4n) is 2.36. The van der Waals surface area contributed by atoms with Crippen LogP contribution in [0, 0.1) is 11.3 Å². The Morgan fingerprint density at radius 3 is 2.90 bits per heavy atom. The lowest BCUT2D eigenvalue weighted by Gasteiger charge is -2.29. The summed E-state index contributed by atoms with van der Waals surface area (Å²) in [7, 11) is 0. The first kappa shape index (κ1) is 13.7. The zero-order valence-corrected chi connectivity index (χ0v) is 12.4. The maximum Gasteiger partial charge on any atom is 0.161 e. The number of nitriles is 1. The van der Waals surface area contributed by atoms with E-state index >= 15 is 0 Å². The average Bonchev–Trinajstić information content (AvgIpc) is 2.82. The summed E-state index contributed by atoms with van der Waals surface area (Å²) in [6, 6.07) is 7.38. The van der Waals surface area contributed by atoms with Crippen molar-refractivity contribution in [1.82, 2.24) is 0 Å². The molecule has 6 heteroatoms. The van der Waals surface area contributed by atoms with E-state index in [1.54, 1.807) is 23.9 Å². The van der Waals surface area contributed by atoms with Crippen LogP contribution >= 0.6 is 23.4 Å². The van der Waals surface area contributed by atoms with Gasteiger partial charge in [-0.15, -0.1) is 0 Å². The predicted octanol–water partition coefficient (Wildman–Crippen LogP) is 3.28. The molecule has 1 N–H and O–H groups in total. The minimum absolute atomic E-state index is 0.0433. The lowest BCUT2D eigenvalue weighted by atomic mass is 9.93. The molecule has 0 bridgehead atoms. The van der Waals surface area contributed by atoms with E-state index in [0.717, 1.165) is 42.7 Å². The van der Waals surface area contributed by atoms with Gasteiger partial charge in [0.05, 0.1) is 16.1 Å². The molecule has 3 rings (SSSR count). The molecule has 4 nitrogen and oxygen atoms in total. The van der Waals surface area contributed by atoms with Crippen LogP contribution in [0.5, 0.6) is 0 Å². The quantitative estimate of drug-likeness (QED) is 0.865. The van der Waals surface area contributed by atoms with E-state index in [1.807, 2.05) is 6.07 Å². The van der Waals surface area contributed by atoms with E-state index in [1.165, 1.54) is 0 Å². The van der Waals surface area contributed by atoms with Gasteiger partial charge < -0.3 is 10.1 Å². The fourth-order valence-corrected chi connectivity index (χ4v) is 3.79. The molecule has 0 unspecified atom stereocenters. The van der Waals surface area contributed by atoms with Gasteiger partial charge in [0.1, 0.15) is 6.07 Å². The number of rotatable bonds is 1. The summed E-state index contributed by atoms with van der Waals surface area (Å²) in [6.45, 7) is 1.58. The summed E-state index contributed by atoms with van der Waals surface area (Å²) < 4.78 is 5.40. The van der Waals surface area contributed by atoms with E-state index in [2.05, 4.69) is 11.4 Å². The van der Waals surface area contributed by atoms with Gasteiger partial charge in [-0.3, -0.25) is 4.99 Å². The minimum atomic E-state index is 0.0433. The Hall–Kier alpha value is -1.22. The van der Waals surface area contributed by atoms with Crippen LogP contribution in [0.15, 0.2) is 23.2 Å². The fraction of sp³-hybridized carbons (Fsp3) is 0.429. The summed E-state index contributed by atoms with van der Waals surface area (Å²) in [5, 5.41) is 13.5. The number of nitrogens with zero attached hydrogens (tertiary/aromatic N) is 2. The molecule has 20 heavy (non-hydrogen) atoms. The molecule has 0 saturated carbocycles. The van der Waals surface area contributed by atoms with Gasteiger partial charge in [0.25, 0.3) is 0 Å². The van der Waals surface area contributed by atoms with Gasteiger partial charge in [-0.2, -0.15) is 5.26 Å². The van der Waals surface area contributed by atoms with Crippen molar-refractivity contribution in [2.24, 2.45) is 4.99 Å². The van der Waals surface area contributed by atoms with Crippen molar-refractivity contribution in [1.29, 1.82) is 5.26 Å². The first-order chi connectivity index (χ1) is 9.71. The van der Waals surface area contributed by atoms with Gasteiger partial charge in [-0.05, 0) is 31.0 Å². The highest BCUT2D eigenvalue weighted by atomic mass is 35.5. The monoisotopic (exact) mass is 307 g/mol. The van der Waals surface area contributed by atoms with Gasteiger partial charge in [0, 0.05) is 24.7 Å².